The number of nitrogens with one attached hydrogen (secondary N) is 1. The molecule has 0 saturated carbocycles. The van der Waals surface area contributed by atoms with Crippen molar-refractivity contribution >= 4 is 17.4 Å². The van der Waals surface area contributed by atoms with Gasteiger partial charge in [0.2, 0.25) is 0 Å². The number of aliphatic hydroxyl groups is 1. The molecule has 0 bridgehead atoms. The van der Waals surface area contributed by atoms with Gasteiger partial charge in [-0.3, -0.25) is 4.57 Å². The molecular formula is C19H20ClN3O3. The van der Waals surface area contributed by atoms with Gasteiger partial charge in [-0.05, 0) is 42.0 Å². The van der Waals surface area contributed by atoms with Crippen LogP contribution in [0.2, 0.25) is 5.02 Å². The monoisotopic (exact) mass is 373 g/mol. The molecule has 0 amide bonds. The highest BCUT2D eigenvalue weighted by molar-refractivity contribution is 6.30. The number of ether oxygens (including phenoxy) is 2. The lowest BCUT2D eigenvalue weighted by atomic mass is 10.2. The van der Waals surface area contributed by atoms with Crippen LogP contribution >= 0.6 is 11.6 Å². The van der Waals surface area contributed by atoms with Crippen LogP contribution in [0, 0.1) is 0 Å². The van der Waals surface area contributed by atoms with E-state index in [0.29, 0.717) is 34.8 Å². The fourth-order valence-electron chi connectivity index (χ4n) is 2.59. The smallest absolute Gasteiger partial charge is 0.304 e. The van der Waals surface area contributed by atoms with Crippen molar-refractivity contribution < 1.29 is 14.6 Å². The van der Waals surface area contributed by atoms with Crippen molar-refractivity contribution in [1.82, 2.24) is 9.55 Å². The number of imidazole rings is 1. The molecule has 3 rings (SSSR count). The summed E-state index contributed by atoms with van der Waals surface area (Å²) < 4.78 is 12.9. The zero-order chi connectivity index (χ0) is 18.5. The second-order valence-electron chi connectivity index (χ2n) is 5.59. The molecule has 1 aromatic heterocycles. The molecule has 26 heavy (non-hydrogen) atoms. The van der Waals surface area contributed by atoms with Crippen LogP contribution in [0.3, 0.4) is 0 Å². The van der Waals surface area contributed by atoms with Gasteiger partial charge >= 0.3 is 6.01 Å². The van der Waals surface area contributed by atoms with Crippen LogP contribution < -0.4 is 14.8 Å². The van der Waals surface area contributed by atoms with E-state index in [9.17, 15) is 5.11 Å². The molecule has 0 atom stereocenters. The van der Waals surface area contributed by atoms with Crippen LogP contribution in [-0.4, -0.2) is 28.8 Å². The lowest BCUT2D eigenvalue weighted by Gasteiger charge is -2.12. The molecule has 0 saturated heterocycles. The zero-order valence-electron chi connectivity index (χ0n) is 14.6. The first kappa shape index (κ1) is 18.1. The van der Waals surface area contributed by atoms with Gasteiger partial charge in [-0.25, -0.2) is 0 Å². The first-order valence-electron chi connectivity index (χ1n) is 8.09. The third-order valence-corrected chi connectivity index (χ3v) is 4.20. The fourth-order valence-corrected chi connectivity index (χ4v) is 2.71. The third kappa shape index (κ3) is 3.92. The topological polar surface area (TPSA) is 68.5 Å². The van der Waals surface area contributed by atoms with Crippen LogP contribution in [0.25, 0.3) is 0 Å². The molecule has 0 aliphatic carbocycles. The van der Waals surface area contributed by atoms with Crippen molar-refractivity contribution in [3.05, 3.63) is 64.8 Å². The van der Waals surface area contributed by atoms with Gasteiger partial charge in [0.25, 0.3) is 0 Å². The SMILES string of the molecule is CNc1nc(Oc2ccc(OC)cc2)n(Cc2ccc(Cl)cc2)c1CO. The van der Waals surface area contributed by atoms with E-state index in [1.54, 1.807) is 26.3 Å². The van der Waals surface area contributed by atoms with Gasteiger partial charge < -0.3 is 19.9 Å². The number of aliphatic hydroxyl groups excluding tert-OH is 1. The molecule has 136 valence electrons. The Morgan fingerprint density at radius 2 is 1.73 bits per heavy atom. The highest BCUT2D eigenvalue weighted by atomic mass is 35.5. The normalized spacial score (nSPS) is 10.6. The Morgan fingerprint density at radius 3 is 2.31 bits per heavy atom. The van der Waals surface area contributed by atoms with Crippen LogP contribution in [0.4, 0.5) is 5.82 Å². The molecule has 0 aliphatic rings. The summed E-state index contributed by atoms with van der Waals surface area (Å²) in [4.78, 5) is 4.46. The third-order valence-electron chi connectivity index (χ3n) is 3.95. The first-order valence-corrected chi connectivity index (χ1v) is 8.46. The molecule has 7 heteroatoms. The number of hydrogen-bond donors (Lipinski definition) is 2. The Balaban J connectivity index is 1.94. The van der Waals surface area contributed by atoms with Crippen LogP contribution in [0.15, 0.2) is 48.5 Å². The van der Waals surface area contributed by atoms with Crippen molar-refractivity contribution in [2.24, 2.45) is 0 Å². The van der Waals surface area contributed by atoms with Gasteiger partial charge in [0, 0.05) is 12.1 Å². The minimum Gasteiger partial charge on any atom is -0.497 e. The van der Waals surface area contributed by atoms with Gasteiger partial charge in [0.1, 0.15) is 11.5 Å². The largest absolute Gasteiger partial charge is 0.497 e. The van der Waals surface area contributed by atoms with Crippen LogP contribution in [-0.2, 0) is 13.2 Å². The molecule has 0 spiro atoms. The predicted molar refractivity (Wildman–Crippen MR) is 101 cm³/mol. The number of methoxy groups -OCH3 is 1. The average molecular weight is 374 g/mol. The molecule has 0 radical (unpaired) electrons. The highest BCUT2D eigenvalue weighted by Crippen LogP contribution is 2.29. The predicted octanol–water partition coefficient (Wildman–Crippen LogP) is 3.92. The maximum absolute atomic E-state index is 9.81. The van der Waals surface area contributed by atoms with E-state index < -0.39 is 0 Å². The number of nitrogens with zero attached hydrogens (tertiary/aromatic N) is 2. The number of aromatic nitrogens is 2. The van der Waals surface area contributed by atoms with Gasteiger partial charge in [0.05, 0.1) is 26.0 Å². The number of halogens is 1. The molecular weight excluding hydrogens is 354 g/mol. The van der Waals surface area contributed by atoms with E-state index in [2.05, 4.69) is 10.3 Å². The maximum atomic E-state index is 9.81. The molecule has 1 heterocycles. The Kier molecular flexibility index (Phi) is 5.65. The van der Waals surface area contributed by atoms with Crippen molar-refractivity contribution in [3.63, 3.8) is 0 Å². The van der Waals surface area contributed by atoms with Gasteiger partial charge in [-0.1, -0.05) is 23.7 Å². The number of anilines is 1. The summed E-state index contributed by atoms with van der Waals surface area (Å²) in [6.07, 6.45) is 0. The maximum Gasteiger partial charge on any atom is 0.304 e. The molecule has 6 nitrogen and oxygen atoms in total. The van der Waals surface area contributed by atoms with Crippen molar-refractivity contribution in [3.8, 4) is 17.5 Å². The van der Waals surface area contributed by atoms with Gasteiger partial charge in [-0.15, -0.1) is 0 Å². The molecule has 0 aliphatic heterocycles. The van der Waals surface area contributed by atoms with Gasteiger partial charge in [-0.2, -0.15) is 4.98 Å². The zero-order valence-corrected chi connectivity index (χ0v) is 15.3. The Bertz CT molecular complexity index is 861. The van der Waals surface area contributed by atoms with Crippen molar-refractivity contribution in [2.45, 2.75) is 13.2 Å². The summed E-state index contributed by atoms with van der Waals surface area (Å²) in [5.41, 5.74) is 1.66. The van der Waals surface area contributed by atoms with E-state index in [4.69, 9.17) is 21.1 Å². The summed E-state index contributed by atoms with van der Waals surface area (Å²) in [6, 6.07) is 15.1. The minimum absolute atomic E-state index is 0.164. The second kappa shape index (κ2) is 8.12. The fraction of sp³-hybridized carbons (Fsp3) is 0.211. The van der Waals surface area contributed by atoms with Crippen molar-refractivity contribution in [1.29, 1.82) is 0 Å². The summed E-state index contributed by atoms with van der Waals surface area (Å²) in [6.45, 7) is 0.329. The van der Waals surface area contributed by atoms with E-state index in [1.165, 1.54) is 0 Å². The van der Waals surface area contributed by atoms with Crippen LogP contribution in [0.1, 0.15) is 11.3 Å². The Hall–Kier alpha value is -2.70. The minimum atomic E-state index is -0.164. The van der Waals surface area contributed by atoms with E-state index >= 15 is 0 Å². The summed E-state index contributed by atoms with van der Waals surface area (Å²) in [5, 5.41) is 13.5. The van der Waals surface area contributed by atoms with E-state index in [0.717, 1.165) is 11.3 Å². The molecule has 0 fully saturated rings. The summed E-state index contributed by atoms with van der Waals surface area (Å²) >= 11 is 5.96. The van der Waals surface area contributed by atoms with Gasteiger partial charge in [0.15, 0.2) is 5.82 Å². The summed E-state index contributed by atoms with van der Waals surface area (Å²) in [5.74, 6) is 1.94. The lowest BCUT2D eigenvalue weighted by Crippen LogP contribution is -2.07. The number of rotatable bonds is 7. The number of benzene rings is 2. The van der Waals surface area contributed by atoms with E-state index in [1.807, 2.05) is 41.0 Å². The van der Waals surface area contributed by atoms with E-state index in [-0.39, 0.29) is 6.61 Å². The number of hydrogen-bond acceptors (Lipinski definition) is 5. The Morgan fingerprint density at radius 1 is 1.08 bits per heavy atom. The second-order valence-corrected chi connectivity index (χ2v) is 6.02. The molecule has 3 aromatic rings. The lowest BCUT2D eigenvalue weighted by molar-refractivity contribution is 0.269. The van der Waals surface area contributed by atoms with Crippen LogP contribution in [0.5, 0.6) is 17.5 Å². The first-order chi connectivity index (χ1) is 12.6. The molecule has 0 unspecified atom stereocenters. The standard InChI is InChI=1S/C19H20ClN3O3/c1-21-18-17(12-24)23(11-13-3-5-14(20)6-4-13)19(22-18)26-16-9-7-15(25-2)8-10-16/h3-10,21,24H,11-12H2,1-2H3. The summed E-state index contributed by atoms with van der Waals surface area (Å²) in [7, 11) is 3.37. The quantitative estimate of drug-likeness (QED) is 0.657. The molecule has 2 N–H and O–H groups in total. The molecule has 2 aromatic carbocycles. The van der Waals surface area contributed by atoms with Crippen molar-refractivity contribution in [2.75, 3.05) is 19.5 Å². The highest BCUT2D eigenvalue weighted by Gasteiger charge is 2.18. The Labute approximate surface area is 157 Å². The average Bonchev–Trinajstić information content (AvgIpc) is 3.00.